The highest BCUT2D eigenvalue weighted by Gasteiger charge is 2.02. The molecule has 2 aromatic rings. The van der Waals surface area contributed by atoms with E-state index < -0.39 is 0 Å². The van der Waals surface area contributed by atoms with Gasteiger partial charge in [-0.1, -0.05) is 24.3 Å². The minimum absolute atomic E-state index is 0.00393. The second kappa shape index (κ2) is 4.05. The van der Waals surface area contributed by atoms with E-state index >= 15 is 0 Å². The van der Waals surface area contributed by atoms with Gasteiger partial charge >= 0.3 is 0 Å². The number of hydrogen-bond donors (Lipinski definition) is 0. The van der Waals surface area contributed by atoms with Gasteiger partial charge in [0.05, 0.1) is 5.52 Å². The molecule has 1 aromatic heterocycles. The van der Waals surface area contributed by atoms with Crippen molar-refractivity contribution in [2.24, 2.45) is 0 Å². The number of hydrogen-bond acceptors (Lipinski definition) is 2. The molecule has 0 saturated carbocycles. The Hall–Kier alpha value is -1.96. The molecular formula is C13H11NO. The maximum absolute atomic E-state index is 11.6. The number of fused-ring (bicyclic) bond motifs is 1. The molecule has 2 nitrogen and oxygen atoms in total. The van der Waals surface area contributed by atoms with Crippen LogP contribution in [0.25, 0.3) is 10.9 Å². The lowest BCUT2D eigenvalue weighted by atomic mass is 10.1. The van der Waals surface area contributed by atoms with Crippen LogP contribution in [0.15, 0.2) is 48.7 Å². The van der Waals surface area contributed by atoms with Gasteiger partial charge in [0.25, 0.3) is 0 Å². The summed E-state index contributed by atoms with van der Waals surface area (Å²) in [7, 11) is 0. The molecule has 1 aromatic carbocycles. The number of para-hydroxylation sites is 1. The van der Waals surface area contributed by atoms with Crippen molar-refractivity contribution in [1.29, 1.82) is 0 Å². The summed E-state index contributed by atoms with van der Waals surface area (Å²) in [4.78, 5) is 15.8. The molecule has 0 N–H and O–H groups in total. The van der Waals surface area contributed by atoms with E-state index in [1.807, 2.05) is 37.3 Å². The molecule has 0 radical (unpaired) electrons. The number of nitrogens with zero attached hydrogens (tertiary/aromatic N) is 1. The number of pyridine rings is 1. The van der Waals surface area contributed by atoms with E-state index in [1.54, 1.807) is 18.3 Å². The average molecular weight is 197 g/mol. The van der Waals surface area contributed by atoms with Gasteiger partial charge in [0.1, 0.15) is 0 Å². The quantitative estimate of drug-likeness (QED) is 0.547. The molecule has 1 heterocycles. The Morgan fingerprint density at radius 3 is 2.93 bits per heavy atom. The highest BCUT2D eigenvalue weighted by molar-refractivity contribution is 6.05. The summed E-state index contributed by atoms with van der Waals surface area (Å²) in [5.41, 5.74) is 1.54. The van der Waals surface area contributed by atoms with E-state index in [0.29, 0.717) is 5.56 Å². The zero-order valence-corrected chi connectivity index (χ0v) is 8.47. The van der Waals surface area contributed by atoms with Crippen molar-refractivity contribution in [3.8, 4) is 0 Å². The van der Waals surface area contributed by atoms with Gasteiger partial charge in [0.15, 0.2) is 5.78 Å². The van der Waals surface area contributed by atoms with Crippen molar-refractivity contribution in [2.45, 2.75) is 6.92 Å². The minimum atomic E-state index is -0.00393. The maximum Gasteiger partial charge on any atom is 0.187 e. The fraction of sp³-hybridized carbons (Fsp3) is 0.0769. The number of benzene rings is 1. The van der Waals surface area contributed by atoms with E-state index in [4.69, 9.17) is 0 Å². The Labute approximate surface area is 88.3 Å². The van der Waals surface area contributed by atoms with Gasteiger partial charge in [0, 0.05) is 17.1 Å². The smallest absolute Gasteiger partial charge is 0.187 e. The third-order valence-electron chi connectivity index (χ3n) is 2.19. The lowest BCUT2D eigenvalue weighted by Gasteiger charge is -1.98. The van der Waals surface area contributed by atoms with Crippen LogP contribution in [0.2, 0.25) is 0 Å². The Kier molecular flexibility index (Phi) is 2.59. The first-order chi connectivity index (χ1) is 7.31. The normalized spacial score (nSPS) is 11.0. The van der Waals surface area contributed by atoms with Crippen molar-refractivity contribution >= 4 is 16.7 Å². The van der Waals surface area contributed by atoms with Crippen molar-refractivity contribution in [2.75, 3.05) is 0 Å². The van der Waals surface area contributed by atoms with E-state index in [9.17, 15) is 4.79 Å². The fourth-order valence-electron chi connectivity index (χ4n) is 1.45. The summed E-state index contributed by atoms with van der Waals surface area (Å²) in [6.45, 7) is 1.83. The second-order valence-electron chi connectivity index (χ2n) is 3.28. The predicted molar refractivity (Wildman–Crippen MR) is 60.9 cm³/mol. The summed E-state index contributed by atoms with van der Waals surface area (Å²) < 4.78 is 0. The average Bonchev–Trinajstić information content (AvgIpc) is 2.29. The number of allylic oxidation sites excluding steroid dienone is 2. The Morgan fingerprint density at radius 2 is 2.13 bits per heavy atom. The predicted octanol–water partition coefficient (Wildman–Crippen LogP) is 2.99. The van der Waals surface area contributed by atoms with Crippen LogP contribution in [0.5, 0.6) is 0 Å². The number of ketones is 1. The largest absolute Gasteiger partial charge is 0.289 e. The molecule has 74 valence electrons. The maximum atomic E-state index is 11.6. The van der Waals surface area contributed by atoms with Crippen LogP contribution in [0.4, 0.5) is 0 Å². The van der Waals surface area contributed by atoms with E-state index in [2.05, 4.69) is 4.98 Å². The monoisotopic (exact) mass is 197 g/mol. The Bertz CT molecular complexity index is 529. The lowest BCUT2D eigenvalue weighted by Crippen LogP contribution is -1.95. The molecule has 0 aliphatic carbocycles. The van der Waals surface area contributed by atoms with Gasteiger partial charge in [-0.2, -0.15) is 0 Å². The summed E-state index contributed by atoms with van der Waals surface area (Å²) in [6.07, 6.45) is 4.90. The molecule has 0 aliphatic rings. The van der Waals surface area contributed by atoms with Gasteiger partial charge in [-0.05, 0) is 25.1 Å². The first-order valence-corrected chi connectivity index (χ1v) is 4.83. The molecular weight excluding hydrogens is 186 g/mol. The van der Waals surface area contributed by atoms with Gasteiger partial charge < -0.3 is 0 Å². The third-order valence-corrected chi connectivity index (χ3v) is 2.19. The van der Waals surface area contributed by atoms with Crippen LogP contribution >= 0.6 is 0 Å². The number of aromatic nitrogens is 1. The summed E-state index contributed by atoms with van der Waals surface area (Å²) >= 11 is 0. The first-order valence-electron chi connectivity index (χ1n) is 4.83. The van der Waals surface area contributed by atoms with Crippen molar-refractivity contribution in [3.63, 3.8) is 0 Å². The second-order valence-corrected chi connectivity index (χ2v) is 3.28. The van der Waals surface area contributed by atoms with Crippen LogP contribution in [0, 0.1) is 0 Å². The molecule has 0 bridgehead atoms. The Balaban J connectivity index is 2.51. The highest BCUT2D eigenvalue weighted by atomic mass is 16.1. The SMILES string of the molecule is C/C=C/C(=O)c1cnc2ccccc2c1. The van der Waals surface area contributed by atoms with Crippen LogP contribution in [-0.4, -0.2) is 10.8 Å². The molecule has 0 aliphatic heterocycles. The summed E-state index contributed by atoms with van der Waals surface area (Å²) in [5, 5.41) is 0.993. The fourth-order valence-corrected chi connectivity index (χ4v) is 1.45. The standard InChI is InChI=1S/C13H11NO/c1-2-5-13(15)11-8-10-6-3-4-7-12(10)14-9-11/h2-9H,1H3/b5-2+. The molecule has 0 unspecified atom stereocenters. The number of rotatable bonds is 2. The van der Waals surface area contributed by atoms with Crippen LogP contribution < -0.4 is 0 Å². The van der Waals surface area contributed by atoms with E-state index in [0.717, 1.165) is 10.9 Å². The topological polar surface area (TPSA) is 30.0 Å². The molecule has 15 heavy (non-hydrogen) atoms. The third kappa shape index (κ3) is 1.94. The molecule has 0 atom stereocenters. The van der Waals surface area contributed by atoms with Gasteiger partial charge in [-0.25, -0.2) is 0 Å². The van der Waals surface area contributed by atoms with Gasteiger partial charge in [0.2, 0.25) is 0 Å². The molecule has 2 heteroatoms. The molecule has 2 rings (SSSR count). The highest BCUT2D eigenvalue weighted by Crippen LogP contribution is 2.13. The van der Waals surface area contributed by atoms with Crippen LogP contribution in [-0.2, 0) is 0 Å². The lowest BCUT2D eigenvalue weighted by molar-refractivity contribution is 0.104. The first kappa shape index (κ1) is 9.59. The summed E-state index contributed by atoms with van der Waals surface area (Å²) in [5.74, 6) is -0.00393. The minimum Gasteiger partial charge on any atom is -0.289 e. The van der Waals surface area contributed by atoms with E-state index in [1.165, 1.54) is 0 Å². The molecule has 0 spiro atoms. The molecule has 0 fully saturated rings. The van der Waals surface area contributed by atoms with Crippen LogP contribution in [0.1, 0.15) is 17.3 Å². The van der Waals surface area contributed by atoms with Crippen molar-refractivity contribution in [1.82, 2.24) is 4.98 Å². The molecule has 0 saturated heterocycles. The number of carbonyl (C=O) groups is 1. The molecule has 0 amide bonds. The Morgan fingerprint density at radius 1 is 1.33 bits per heavy atom. The van der Waals surface area contributed by atoms with E-state index in [-0.39, 0.29) is 5.78 Å². The van der Waals surface area contributed by atoms with Crippen molar-refractivity contribution in [3.05, 3.63) is 54.2 Å². The summed E-state index contributed by atoms with van der Waals surface area (Å²) in [6, 6.07) is 9.62. The van der Waals surface area contributed by atoms with Gasteiger partial charge in [-0.3, -0.25) is 9.78 Å². The number of carbonyl (C=O) groups excluding carboxylic acids is 1. The zero-order valence-electron chi connectivity index (χ0n) is 8.47. The van der Waals surface area contributed by atoms with Crippen molar-refractivity contribution < 1.29 is 4.79 Å². The zero-order chi connectivity index (χ0) is 10.7. The van der Waals surface area contributed by atoms with Crippen LogP contribution in [0.3, 0.4) is 0 Å². The van der Waals surface area contributed by atoms with Gasteiger partial charge in [-0.15, -0.1) is 0 Å².